The van der Waals surface area contributed by atoms with Crippen molar-refractivity contribution < 1.29 is 4.79 Å². The van der Waals surface area contributed by atoms with Gasteiger partial charge in [-0.2, -0.15) is 0 Å². The topological polar surface area (TPSA) is 84.1 Å². The van der Waals surface area contributed by atoms with Crippen molar-refractivity contribution in [1.29, 1.82) is 0 Å². The van der Waals surface area contributed by atoms with Crippen LogP contribution in [0.2, 0.25) is 0 Å². The molecule has 1 aliphatic rings. The maximum Gasteiger partial charge on any atom is 0.244 e. The number of nitrogens with zero attached hydrogens (tertiary/aromatic N) is 3. The molecule has 2 heterocycles. The fourth-order valence-corrected chi connectivity index (χ4v) is 2.56. The summed E-state index contributed by atoms with van der Waals surface area (Å²) in [6.07, 6.45) is 3.16. The van der Waals surface area contributed by atoms with Crippen LogP contribution in [0.3, 0.4) is 0 Å². The molecular weight excluding hydrogens is 266 g/mol. The molecular formula is C15H17N5O. The Bertz CT molecular complexity index is 686. The Balaban J connectivity index is 2.13. The summed E-state index contributed by atoms with van der Waals surface area (Å²) >= 11 is 0. The number of benzene rings is 1. The number of fused-ring (bicyclic) bond motifs is 1. The van der Waals surface area contributed by atoms with Crippen molar-refractivity contribution >= 4 is 28.9 Å². The Morgan fingerprint density at radius 2 is 2.14 bits per heavy atom. The molecule has 6 heteroatoms. The number of carbonyl (C=O) groups is 1. The second-order valence-corrected chi connectivity index (χ2v) is 4.96. The Morgan fingerprint density at radius 1 is 1.33 bits per heavy atom. The zero-order valence-electron chi connectivity index (χ0n) is 11.8. The third kappa shape index (κ3) is 2.40. The molecule has 0 saturated carbocycles. The molecule has 1 aliphatic heterocycles. The van der Waals surface area contributed by atoms with E-state index in [1.807, 2.05) is 29.2 Å². The maximum atomic E-state index is 11.9. The van der Waals surface area contributed by atoms with Gasteiger partial charge in [-0.1, -0.05) is 25.5 Å². The molecule has 1 aromatic carbocycles. The summed E-state index contributed by atoms with van der Waals surface area (Å²) in [5.74, 6) is 1.13. The first-order chi connectivity index (χ1) is 10.2. The highest BCUT2D eigenvalue weighted by atomic mass is 16.2. The maximum absolute atomic E-state index is 11.9. The van der Waals surface area contributed by atoms with E-state index in [9.17, 15) is 4.79 Å². The minimum absolute atomic E-state index is 0.0617. The molecule has 1 aromatic heterocycles. The van der Waals surface area contributed by atoms with Crippen molar-refractivity contribution in [2.75, 3.05) is 22.5 Å². The van der Waals surface area contributed by atoms with E-state index in [-0.39, 0.29) is 12.5 Å². The molecule has 1 amide bonds. The number of para-hydroxylation sites is 2. The van der Waals surface area contributed by atoms with E-state index in [0.717, 1.165) is 29.8 Å². The van der Waals surface area contributed by atoms with Crippen LogP contribution in [-0.4, -0.2) is 22.4 Å². The van der Waals surface area contributed by atoms with Gasteiger partial charge < -0.3 is 16.0 Å². The van der Waals surface area contributed by atoms with E-state index in [0.29, 0.717) is 11.6 Å². The van der Waals surface area contributed by atoms with Crippen molar-refractivity contribution in [3.8, 4) is 0 Å². The van der Waals surface area contributed by atoms with Crippen LogP contribution >= 0.6 is 0 Å². The van der Waals surface area contributed by atoms with Gasteiger partial charge in [0.15, 0.2) is 0 Å². The van der Waals surface area contributed by atoms with Gasteiger partial charge in [0.25, 0.3) is 0 Å². The van der Waals surface area contributed by atoms with Crippen molar-refractivity contribution in [3.05, 3.63) is 36.2 Å². The monoisotopic (exact) mass is 283 g/mol. The average Bonchev–Trinajstić information content (AvgIpc) is 2.48. The van der Waals surface area contributed by atoms with Gasteiger partial charge in [-0.15, -0.1) is 0 Å². The highest BCUT2D eigenvalue weighted by molar-refractivity contribution is 6.03. The van der Waals surface area contributed by atoms with Crippen molar-refractivity contribution in [3.63, 3.8) is 0 Å². The molecule has 3 rings (SSSR count). The van der Waals surface area contributed by atoms with Gasteiger partial charge >= 0.3 is 0 Å². The lowest BCUT2D eigenvalue weighted by atomic mass is 10.1. The molecule has 0 aliphatic carbocycles. The number of nitrogens with one attached hydrogen (secondary N) is 1. The quantitative estimate of drug-likeness (QED) is 0.901. The molecule has 6 nitrogen and oxygen atoms in total. The number of amides is 1. The molecule has 0 saturated heterocycles. The van der Waals surface area contributed by atoms with Gasteiger partial charge in [-0.05, 0) is 18.6 Å². The Labute approximate surface area is 123 Å². The number of hydrogen-bond donors (Lipinski definition) is 2. The number of anilines is 4. The zero-order valence-corrected chi connectivity index (χ0v) is 11.8. The van der Waals surface area contributed by atoms with Crippen LogP contribution in [0.4, 0.5) is 23.0 Å². The van der Waals surface area contributed by atoms with Crippen LogP contribution in [0.5, 0.6) is 0 Å². The lowest BCUT2D eigenvalue weighted by molar-refractivity contribution is -0.115. The summed E-state index contributed by atoms with van der Waals surface area (Å²) in [6.45, 7) is 2.30. The summed E-state index contributed by atoms with van der Waals surface area (Å²) < 4.78 is 0. The third-order valence-electron chi connectivity index (χ3n) is 3.48. The second kappa shape index (κ2) is 5.40. The number of hydrogen-bond acceptors (Lipinski definition) is 5. The van der Waals surface area contributed by atoms with E-state index in [4.69, 9.17) is 5.73 Å². The SMILES string of the molecule is CCCc1c(N)ncnc1N1CC(=O)Nc2ccccc21. The fraction of sp³-hybridized carbons (Fsp3) is 0.267. The largest absolute Gasteiger partial charge is 0.383 e. The summed E-state index contributed by atoms with van der Waals surface area (Å²) in [5.41, 5.74) is 8.59. The Kier molecular flexibility index (Phi) is 3.43. The van der Waals surface area contributed by atoms with Gasteiger partial charge in [0.2, 0.25) is 5.91 Å². The van der Waals surface area contributed by atoms with Gasteiger partial charge in [0, 0.05) is 5.56 Å². The average molecular weight is 283 g/mol. The number of nitrogen functional groups attached to an aromatic ring is 1. The minimum Gasteiger partial charge on any atom is -0.383 e. The summed E-state index contributed by atoms with van der Waals surface area (Å²) in [6, 6.07) is 7.67. The fourth-order valence-electron chi connectivity index (χ4n) is 2.56. The highest BCUT2D eigenvalue weighted by Gasteiger charge is 2.26. The lowest BCUT2D eigenvalue weighted by Crippen LogP contribution is -2.36. The first kappa shape index (κ1) is 13.4. The Hall–Kier alpha value is -2.63. The van der Waals surface area contributed by atoms with Crippen molar-refractivity contribution in [1.82, 2.24) is 9.97 Å². The lowest BCUT2D eigenvalue weighted by Gasteiger charge is -2.31. The van der Waals surface area contributed by atoms with E-state index in [1.165, 1.54) is 6.33 Å². The van der Waals surface area contributed by atoms with Crippen LogP contribution in [0, 0.1) is 0 Å². The van der Waals surface area contributed by atoms with Crippen LogP contribution in [0.1, 0.15) is 18.9 Å². The zero-order chi connectivity index (χ0) is 14.8. The summed E-state index contributed by atoms with van der Waals surface area (Å²) in [5, 5.41) is 2.87. The molecule has 2 aromatic rings. The van der Waals surface area contributed by atoms with Crippen LogP contribution < -0.4 is 16.0 Å². The van der Waals surface area contributed by atoms with Crippen LogP contribution in [0.15, 0.2) is 30.6 Å². The normalized spacial score (nSPS) is 13.8. The third-order valence-corrected chi connectivity index (χ3v) is 3.48. The Morgan fingerprint density at radius 3 is 2.95 bits per heavy atom. The number of aromatic nitrogens is 2. The van der Waals surface area contributed by atoms with Gasteiger partial charge in [0.05, 0.1) is 11.4 Å². The van der Waals surface area contributed by atoms with E-state index in [2.05, 4.69) is 22.2 Å². The van der Waals surface area contributed by atoms with E-state index < -0.39 is 0 Å². The molecule has 108 valence electrons. The molecule has 0 bridgehead atoms. The van der Waals surface area contributed by atoms with Crippen LogP contribution in [-0.2, 0) is 11.2 Å². The van der Waals surface area contributed by atoms with E-state index >= 15 is 0 Å². The van der Waals surface area contributed by atoms with Crippen LogP contribution in [0.25, 0.3) is 0 Å². The standard InChI is InChI=1S/C15H17N5O/c1-2-5-10-14(16)17-9-18-15(10)20-8-13(21)19-11-6-3-4-7-12(11)20/h3-4,6-7,9H,2,5,8H2,1H3,(H,19,21)(H2,16,17,18). The molecule has 0 fully saturated rings. The second-order valence-electron chi connectivity index (χ2n) is 4.96. The molecule has 0 spiro atoms. The number of carbonyl (C=O) groups excluding carboxylic acids is 1. The smallest absolute Gasteiger partial charge is 0.244 e. The van der Waals surface area contributed by atoms with Crippen molar-refractivity contribution in [2.45, 2.75) is 19.8 Å². The molecule has 0 atom stereocenters. The summed E-state index contributed by atoms with van der Waals surface area (Å²) in [4.78, 5) is 22.3. The van der Waals surface area contributed by atoms with Crippen molar-refractivity contribution in [2.24, 2.45) is 0 Å². The minimum atomic E-state index is -0.0617. The van der Waals surface area contributed by atoms with Gasteiger partial charge in [0.1, 0.15) is 24.5 Å². The first-order valence-corrected chi connectivity index (χ1v) is 6.96. The number of rotatable bonds is 3. The predicted molar refractivity (Wildman–Crippen MR) is 82.5 cm³/mol. The molecule has 0 unspecified atom stereocenters. The molecule has 3 N–H and O–H groups in total. The number of nitrogens with two attached hydrogens (primary N) is 1. The summed E-state index contributed by atoms with van der Waals surface area (Å²) in [7, 11) is 0. The van der Waals surface area contributed by atoms with Gasteiger partial charge in [-0.25, -0.2) is 9.97 Å². The molecule has 0 radical (unpaired) electrons. The highest BCUT2D eigenvalue weighted by Crippen LogP contribution is 2.36. The van der Waals surface area contributed by atoms with Gasteiger partial charge in [-0.3, -0.25) is 4.79 Å². The van der Waals surface area contributed by atoms with E-state index in [1.54, 1.807) is 0 Å². The predicted octanol–water partition coefficient (Wildman–Crippen LogP) is 2.10. The molecule has 21 heavy (non-hydrogen) atoms. The first-order valence-electron chi connectivity index (χ1n) is 6.96.